The first-order chi connectivity index (χ1) is 14.1. The van der Waals surface area contributed by atoms with Gasteiger partial charge in [0.05, 0.1) is 22.2 Å². The third-order valence-corrected chi connectivity index (χ3v) is 6.27. The molecular formula is C21H24N4O3S. The van der Waals surface area contributed by atoms with Gasteiger partial charge in [-0.2, -0.15) is 11.8 Å². The molecule has 2 aromatic heterocycles. The molecule has 1 aliphatic rings. The second-order valence-electron chi connectivity index (χ2n) is 7.24. The molecule has 0 spiro atoms. The Morgan fingerprint density at radius 3 is 2.59 bits per heavy atom. The second-order valence-corrected chi connectivity index (χ2v) is 8.35. The lowest BCUT2D eigenvalue weighted by molar-refractivity contribution is -0.113. The second kappa shape index (κ2) is 8.32. The average molecular weight is 413 g/mol. The zero-order chi connectivity index (χ0) is 20.4. The third kappa shape index (κ3) is 3.76. The number of rotatable bonds is 7. The fourth-order valence-electron chi connectivity index (χ4n) is 3.90. The number of anilines is 1. The molecular weight excluding hydrogens is 388 g/mol. The molecule has 0 saturated carbocycles. The van der Waals surface area contributed by atoms with E-state index in [0.717, 1.165) is 60.6 Å². The minimum absolute atomic E-state index is 0.0177. The number of fused-ring (bicyclic) bond motifs is 3. The van der Waals surface area contributed by atoms with E-state index in [1.807, 2.05) is 24.3 Å². The molecule has 7 nitrogen and oxygen atoms in total. The first-order valence-electron chi connectivity index (χ1n) is 9.94. The van der Waals surface area contributed by atoms with Gasteiger partial charge in [0.2, 0.25) is 5.91 Å². The lowest BCUT2D eigenvalue weighted by atomic mass is 10.1. The molecule has 3 heterocycles. The molecule has 3 aromatic rings. The Morgan fingerprint density at radius 1 is 1.14 bits per heavy atom. The average Bonchev–Trinajstić information content (AvgIpc) is 3.30. The maximum Gasteiger partial charge on any atom is 0.272 e. The summed E-state index contributed by atoms with van der Waals surface area (Å²) in [6.45, 7) is 2.92. The summed E-state index contributed by atoms with van der Waals surface area (Å²) in [4.78, 5) is 36.9. The predicted molar refractivity (Wildman–Crippen MR) is 118 cm³/mol. The Labute approximate surface area is 171 Å². The van der Waals surface area contributed by atoms with Gasteiger partial charge in [-0.25, -0.2) is 0 Å². The fourth-order valence-corrected chi connectivity index (χ4v) is 4.80. The van der Waals surface area contributed by atoms with E-state index in [9.17, 15) is 14.4 Å². The van der Waals surface area contributed by atoms with Crippen molar-refractivity contribution in [2.75, 3.05) is 16.8 Å². The molecule has 0 saturated heterocycles. The molecule has 1 aromatic carbocycles. The van der Waals surface area contributed by atoms with E-state index in [0.29, 0.717) is 16.5 Å². The Kier molecular flexibility index (Phi) is 5.62. The van der Waals surface area contributed by atoms with Crippen molar-refractivity contribution in [3.8, 4) is 11.3 Å². The Balaban J connectivity index is 1.61. The number of hydrogen-bond donors (Lipinski definition) is 3. The Hall–Kier alpha value is -2.74. The van der Waals surface area contributed by atoms with Gasteiger partial charge in [-0.15, -0.1) is 0 Å². The largest absolute Gasteiger partial charge is 0.343 e. The summed E-state index contributed by atoms with van der Waals surface area (Å²) in [7, 11) is 0. The number of hydrogen-bond acceptors (Lipinski definition) is 4. The molecule has 4 rings (SSSR count). The first kappa shape index (κ1) is 19.6. The van der Waals surface area contributed by atoms with E-state index in [2.05, 4.69) is 27.0 Å². The number of amides is 1. The van der Waals surface area contributed by atoms with Crippen molar-refractivity contribution in [2.45, 2.75) is 39.2 Å². The van der Waals surface area contributed by atoms with Crippen LogP contribution in [0.3, 0.4) is 0 Å². The molecule has 0 unspecified atom stereocenters. The van der Waals surface area contributed by atoms with Gasteiger partial charge in [0.15, 0.2) is 0 Å². The number of thioether (sulfide) groups is 1. The molecule has 3 N–H and O–H groups in total. The summed E-state index contributed by atoms with van der Waals surface area (Å²) < 4.78 is 2.08. The number of carbonyl (C=O) groups is 1. The standard InChI is InChI=1S/C21H24N4O3S/c1-2-3-11-29-12-16(26)22-14-8-6-13(7-9-14)19-18-17(15-5-4-10-25(15)19)20(27)23-24-21(18)28/h6-9H,2-5,10-12H2,1H3,(H,22,26)(H,23,27)(H,24,28). The van der Waals surface area contributed by atoms with E-state index in [-0.39, 0.29) is 17.0 Å². The van der Waals surface area contributed by atoms with Crippen molar-refractivity contribution in [3.63, 3.8) is 0 Å². The van der Waals surface area contributed by atoms with Gasteiger partial charge < -0.3 is 9.88 Å². The van der Waals surface area contributed by atoms with Crippen LogP contribution < -0.4 is 16.4 Å². The van der Waals surface area contributed by atoms with Gasteiger partial charge >= 0.3 is 0 Å². The smallest absolute Gasteiger partial charge is 0.272 e. The number of H-pyrrole nitrogens is 2. The fraction of sp³-hybridized carbons (Fsp3) is 0.381. The van der Waals surface area contributed by atoms with Crippen LogP contribution in [0.1, 0.15) is 31.9 Å². The number of aromatic nitrogens is 3. The lowest BCUT2D eigenvalue weighted by Crippen LogP contribution is -2.18. The van der Waals surface area contributed by atoms with Gasteiger partial charge in [0.1, 0.15) is 0 Å². The van der Waals surface area contributed by atoms with Crippen LogP contribution >= 0.6 is 11.8 Å². The van der Waals surface area contributed by atoms with Gasteiger partial charge in [-0.3, -0.25) is 24.6 Å². The quantitative estimate of drug-likeness (QED) is 0.519. The number of nitrogens with one attached hydrogen (secondary N) is 3. The molecule has 0 radical (unpaired) electrons. The summed E-state index contributed by atoms with van der Waals surface area (Å²) >= 11 is 1.64. The zero-order valence-electron chi connectivity index (χ0n) is 16.3. The molecule has 29 heavy (non-hydrogen) atoms. The molecule has 1 amide bonds. The summed E-state index contributed by atoms with van der Waals surface area (Å²) in [5.74, 6) is 1.41. The van der Waals surface area contributed by atoms with Crippen LogP contribution in [-0.4, -0.2) is 32.2 Å². The SMILES string of the molecule is CCCCSCC(=O)Nc1ccc(-c2c3c(=O)[nH][nH]c(=O)c3c3n2CCC3)cc1. The van der Waals surface area contributed by atoms with Gasteiger partial charge in [0.25, 0.3) is 11.1 Å². The number of aryl methyl sites for hydroxylation is 1. The minimum atomic E-state index is -0.294. The molecule has 0 atom stereocenters. The number of benzene rings is 1. The van der Waals surface area contributed by atoms with Crippen LogP contribution in [0.25, 0.3) is 22.0 Å². The number of carbonyl (C=O) groups excluding carboxylic acids is 1. The van der Waals surface area contributed by atoms with Crippen molar-refractivity contribution in [1.82, 2.24) is 14.8 Å². The maximum atomic E-state index is 12.5. The van der Waals surface area contributed by atoms with Gasteiger partial charge in [-0.05, 0) is 42.7 Å². The van der Waals surface area contributed by atoms with Crippen LogP contribution in [0, 0.1) is 0 Å². The van der Waals surface area contributed by atoms with Crippen LogP contribution in [0.2, 0.25) is 0 Å². The minimum Gasteiger partial charge on any atom is -0.343 e. The van der Waals surface area contributed by atoms with Crippen molar-refractivity contribution < 1.29 is 4.79 Å². The Morgan fingerprint density at radius 2 is 1.86 bits per heavy atom. The van der Waals surface area contributed by atoms with E-state index in [1.165, 1.54) is 0 Å². The number of unbranched alkanes of at least 4 members (excludes halogenated alkanes) is 1. The van der Waals surface area contributed by atoms with Crippen molar-refractivity contribution in [2.24, 2.45) is 0 Å². The van der Waals surface area contributed by atoms with Crippen molar-refractivity contribution in [1.29, 1.82) is 0 Å². The molecule has 8 heteroatoms. The summed E-state index contributed by atoms with van der Waals surface area (Å²) in [6, 6.07) is 7.46. The zero-order valence-corrected chi connectivity index (χ0v) is 17.2. The molecule has 0 bridgehead atoms. The highest BCUT2D eigenvalue weighted by Gasteiger charge is 2.25. The van der Waals surface area contributed by atoms with E-state index >= 15 is 0 Å². The maximum absolute atomic E-state index is 12.5. The monoisotopic (exact) mass is 412 g/mol. The molecule has 0 fully saturated rings. The predicted octanol–water partition coefficient (Wildman–Crippen LogP) is 3.10. The van der Waals surface area contributed by atoms with Crippen molar-refractivity contribution in [3.05, 3.63) is 50.7 Å². The van der Waals surface area contributed by atoms with Gasteiger partial charge in [-0.1, -0.05) is 25.5 Å². The highest BCUT2D eigenvalue weighted by molar-refractivity contribution is 7.99. The van der Waals surface area contributed by atoms with Gasteiger partial charge in [0, 0.05) is 17.9 Å². The Bertz CT molecular complexity index is 1160. The topological polar surface area (TPSA) is 99.8 Å². The normalized spacial score (nSPS) is 13.0. The molecule has 1 aliphatic heterocycles. The summed E-state index contributed by atoms with van der Waals surface area (Å²) in [6.07, 6.45) is 3.98. The lowest BCUT2D eigenvalue weighted by Gasteiger charge is -2.09. The van der Waals surface area contributed by atoms with Crippen LogP contribution in [-0.2, 0) is 17.8 Å². The van der Waals surface area contributed by atoms with Crippen molar-refractivity contribution >= 4 is 34.1 Å². The van der Waals surface area contributed by atoms with E-state index < -0.39 is 0 Å². The van der Waals surface area contributed by atoms with Crippen LogP contribution in [0.5, 0.6) is 0 Å². The van der Waals surface area contributed by atoms with E-state index in [4.69, 9.17) is 0 Å². The highest BCUT2D eigenvalue weighted by Crippen LogP contribution is 2.34. The van der Waals surface area contributed by atoms with E-state index in [1.54, 1.807) is 11.8 Å². The number of nitrogens with zero attached hydrogens (tertiary/aromatic N) is 1. The van der Waals surface area contributed by atoms with Crippen LogP contribution in [0.4, 0.5) is 5.69 Å². The molecule has 0 aliphatic carbocycles. The first-order valence-corrected chi connectivity index (χ1v) is 11.1. The van der Waals surface area contributed by atoms with Crippen LogP contribution in [0.15, 0.2) is 33.9 Å². The molecule has 152 valence electrons. The number of aromatic amines is 2. The highest BCUT2D eigenvalue weighted by atomic mass is 32.2. The third-order valence-electron chi connectivity index (χ3n) is 5.23. The summed E-state index contributed by atoms with van der Waals surface area (Å²) in [5.41, 5.74) is 2.71. The summed E-state index contributed by atoms with van der Waals surface area (Å²) in [5, 5.41) is 8.72.